The van der Waals surface area contributed by atoms with Crippen LogP contribution in [0.2, 0.25) is 0 Å². The van der Waals surface area contributed by atoms with Crippen molar-refractivity contribution in [3.63, 3.8) is 0 Å². The number of nitrogens with zero attached hydrogens (tertiary/aromatic N) is 7. The van der Waals surface area contributed by atoms with Crippen molar-refractivity contribution in [2.24, 2.45) is 0 Å². The number of carbonyl (C=O) groups excluding carboxylic acids is 3. The topological polar surface area (TPSA) is 212 Å². The highest BCUT2D eigenvalue weighted by atomic mass is 16.8. The molecule has 17 nitrogen and oxygen atoms in total. The molecule has 2 saturated heterocycles. The molecule has 0 unspecified atom stereocenters. The molecule has 4 aromatic rings. The minimum absolute atomic E-state index is 0.0838. The van der Waals surface area contributed by atoms with Crippen molar-refractivity contribution < 1.29 is 33.3 Å². The SMILES string of the molecule is CC(C)(C)OC(=O)N1CCC(c2ccccc2)(c2nn[nH]n2)CC1.CC(C)(C)OC(=O)OC(=O)OC(C)(C)C.c1ccc(C2(c3nn[nH]n3)CCNCC2)cc1. The van der Waals surface area contributed by atoms with Gasteiger partial charge in [0.15, 0.2) is 11.6 Å². The third kappa shape index (κ3) is 12.5. The summed E-state index contributed by atoms with van der Waals surface area (Å²) in [6.07, 6.45) is 1.10. The molecule has 2 aliphatic rings. The average molecular weight is 777 g/mol. The van der Waals surface area contributed by atoms with Gasteiger partial charge in [0.2, 0.25) is 0 Å². The van der Waals surface area contributed by atoms with Crippen LogP contribution in [0.4, 0.5) is 14.4 Å². The van der Waals surface area contributed by atoms with Crippen LogP contribution < -0.4 is 5.32 Å². The number of benzene rings is 2. The van der Waals surface area contributed by atoms with Crippen LogP contribution in [0.3, 0.4) is 0 Å². The van der Waals surface area contributed by atoms with Crippen molar-refractivity contribution in [2.75, 3.05) is 26.2 Å². The summed E-state index contributed by atoms with van der Waals surface area (Å²) in [5.41, 5.74) is 0.140. The molecular formula is C39H56N10O7. The van der Waals surface area contributed by atoms with Gasteiger partial charge in [0.25, 0.3) is 0 Å². The number of aromatic amines is 2. The molecule has 0 aliphatic carbocycles. The first-order chi connectivity index (χ1) is 26.3. The lowest BCUT2D eigenvalue weighted by atomic mass is 9.72. The number of ether oxygens (including phenoxy) is 4. The number of piperidine rings is 2. The minimum Gasteiger partial charge on any atom is -0.444 e. The van der Waals surface area contributed by atoms with Gasteiger partial charge in [0.05, 0.1) is 10.8 Å². The maximum atomic E-state index is 12.3. The van der Waals surface area contributed by atoms with Gasteiger partial charge < -0.3 is 29.2 Å². The molecule has 6 rings (SSSR count). The van der Waals surface area contributed by atoms with Crippen molar-refractivity contribution in [3.05, 3.63) is 83.4 Å². The van der Waals surface area contributed by atoms with Gasteiger partial charge in [0.1, 0.15) is 16.8 Å². The second kappa shape index (κ2) is 18.5. The van der Waals surface area contributed by atoms with E-state index in [-0.39, 0.29) is 16.9 Å². The number of likely N-dealkylation sites (tertiary alicyclic amines) is 1. The predicted molar refractivity (Wildman–Crippen MR) is 205 cm³/mol. The molecule has 304 valence electrons. The van der Waals surface area contributed by atoms with Crippen molar-refractivity contribution in [2.45, 2.75) is 116 Å². The summed E-state index contributed by atoms with van der Waals surface area (Å²) in [6.45, 7) is 18.8. The normalized spacial score (nSPS) is 16.5. The Balaban J connectivity index is 0.000000194. The number of amides is 1. The van der Waals surface area contributed by atoms with E-state index in [4.69, 9.17) is 14.2 Å². The Labute approximate surface area is 328 Å². The van der Waals surface area contributed by atoms with E-state index in [1.807, 2.05) is 45.0 Å². The van der Waals surface area contributed by atoms with Crippen LogP contribution in [0.5, 0.6) is 0 Å². The first-order valence-corrected chi connectivity index (χ1v) is 18.7. The molecule has 0 spiro atoms. The molecule has 3 N–H and O–H groups in total. The summed E-state index contributed by atoms with van der Waals surface area (Å²) in [4.78, 5) is 36.1. The molecule has 0 bridgehead atoms. The fraction of sp³-hybridized carbons (Fsp3) is 0.564. The van der Waals surface area contributed by atoms with E-state index in [1.54, 1.807) is 46.4 Å². The quantitative estimate of drug-likeness (QED) is 0.119. The summed E-state index contributed by atoms with van der Waals surface area (Å²) in [5, 5.41) is 32.8. The zero-order valence-corrected chi connectivity index (χ0v) is 33.9. The fourth-order valence-corrected chi connectivity index (χ4v) is 6.39. The highest BCUT2D eigenvalue weighted by Crippen LogP contribution is 2.40. The maximum absolute atomic E-state index is 12.3. The van der Waals surface area contributed by atoms with E-state index in [2.05, 4.69) is 87.7 Å². The van der Waals surface area contributed by atoms with Gasteiger partial charge in [-0.15, -0.1) is 20.4 Å². The Bertz CT molecular complexity index is 1760. The first kappa shape index (κ1) is 43.3. The van der Waals surface area contributed by atoms with Crippen molar-refractivity contribution in [1.29, 1.82) is 0 Å². The van der Waals surface area contributed by atoms with Gasteiger partial charge in [-0.2, -0.15) is 10.4 Å². The second-order valence-electron chi connectivity index (χ2n) is 16.6. The van der Waals surface area contributed by atoms with Crippen LogP contribution in [0, 0.1) is 0 Å². The van der Waals surface area contributed by atoms with E-state index in [0.717, 1.165) is 50.2 Å². The molecule has 0 saturated carbocycles. The molecule has 0 atom stereocenters. The first-order valence-electron chi connectivity index (χ1n) is 18.7. The van der Waals surface area contributed by atoms with Gasteiger partial charge >= 0.3 is 18.4 Å². The Morgan fingerprint density at radius 3 is 1.34 bits per heavy atom. The Morgan fingerprint density at radius 2 is 0.982 bits per heavy atom. The Morgan fingerprint density at radius 1 is 0.589 bits per heavy atom. The van der Waals surface area contributed by atoms with Crippen LogP contribution in [-0.4, -0.2) is 108 Å². The number of H-pyrrole nitrogens is 2. The standard InChI is InChI=1S/C17H23N5O2.C12H15N5.C10H18O5/c1-16(2,3)24-15(23)22-11-9-17(10-12-22,14-18-20-21-19-14)13-7-5-4-6-8-13;1-2-4-10(5-3-1)12(6-8-13-9-7-12)11-14-16-17-15-11;1-9(2,3)14-7(11)13-8(12)15-10(4,5)6/h4-8H,9-12H2,1-3H3,(H,18,19,20,21);1-5,13H,6-9H2,(H,14,15,16,17);1-6H3. The van der Waals surface area contributed by atoms with E-state index in [0.29, 0.717) is 18.9 Å². The zero-order chi connectivity index (χ0) is 41.0. The average Bonchev–Trinajstić information content (AvgIpc) is 3.88. The molecule has 2 aromatic heterocycles. The lowest BCUT2D eigenvalue weighted by Crippen LogP contribution is -2.47. The third-order valence-electron chi connectivity index (χ3n) is 8.87. The van der Waals surface area contributed by atoms with Gasteiger partial charge in [0, 0.05) is 13.1 Å². The molecule has 0 radical (unpaired) electrons. The van der Waals surface area contributed by atoms with Crippen molar-refractivity contribution in [1.82, 2.24) is 51.5 Å². The number of aromatic nitrogens is 8. The van der Waals surface area contributed by atoms with Crippen molar-refractivity contribution >= 4 is 18.4 Å². The van der Waals surface area contributed by atoms with Crippen LogP contribution in [0.25, 0.3) is 0 Å². The molecular weight excluding hydrogens is 720 g/mol. The Hall–Kier alpha value is -5.45. The number of hydrogen-bond acceptors (Lipinski definition) is 14. The molecule has 4 heterocycles. The fourth-order valence-electron chi connectivity index (χ4n) is 6.39. The maximum Gasteiger partial charge on any atom is 0.519 e. The number of hydrogen-bond donors (Lipinski definition) is 3. The van der Waals surface area contributed by atoms with Gasteiger partial charge in [-0.25, -0.2) is 14.4 Å². The molecule has 1 amide bonds. The third-order valence-corrected chi connectivity index (χ3v) is 8.87. The van der Waals surface area contributed by atoms with E-state index in [9.17, 15) is 14.4 Å². The molecule has 2 aliphatic heterocycles. The molecule has 2 fully saturated rings. The predicted octanol–water partition coefficient (Wildman–Crippen LogP) is 6.26. The van der Waals surface area contributed by atoms with Crippen LogP contribution in [0.15, 0.2) is 60.7 Å². The van der Waals surface area contributed by atoms with Gasteiger partial charge in [-0.1, -0.05) is 71.1 Å². The lowest BCUT2D eigenvalue weighted by molar-refractivity contribution is -0.0294. The summed E-state index contributed by atoms with van der Waals surface area (Å²) in [6, 6.07) is 20.7. The summed E-state index contributed by atoms with van der Waals surface area (Å²) in [5.74, 6) is 1.49. The van der Waals surface area contributed by atoms with E-state index >= 15 is 0 Å². The summed E-state index contributed by atoms with van der Waals surface area (Å²) >= 11 is 0. The lowest BCUT2D eigenvalue weighted by Gasteiger charge is -2.40. The van der Waals surface area contributed by atoms with Crippen molar-refractivity contribution in [3.8, 4) is 0 Å². The van der Waals surface area contributed by atoms with E-state index in [1.165, 1.54) is 5.56 Å². The minimum atomic E-state index is -1.06. The smallest absolute Gasteiger partial charge is 0.444 e. The number of nitrogens with one attached hydrogen (secondary N) is 3. The largest absolute Gasteiger partial charge is 0.519 e. The Kier molecular flexibility index (Phi) is 14.3. The molecule has 17 heteroatoms. The zero-order valence-electron chi connectivity index (χ0n) is 33.9. The number of tetrazole rings is 2. The summed E-state index contributed by atoms with van der Waals surface area (Å²) in [7, 11) is 0. The number of carbonyl (C=O) groups is 3. The molecule has 2 aromatic carbocycles. The van der Waals surface area contributed by atoms with Crippen LogP contribution in [0.1, 0.15) is 111 Å². The second-order valence-corrected chi connectivity index (χ2v) is 16.6. The monoisotopic (exact) mass is 776 g/mol. The van der Waals surface area contributed by atoms with E-state index < -0.39 is 29.1 Å². The number of rotatable bonds is 4. The summed E-state index contributed by atoms with van der Waals surface area (Å²) < 4.78 is 19.3. The van der Waals surface area contributed by atoms with Gasteiger partial charge in [-0.3, -0.25) is 0 Å². The van der Waals surface area contributed by atoms with Gasteiger partial charge in [-0.05, 0) is 112 Å². The molecule has 56 heavy (non-hydrogen) atoms. The highest BCUT2D eigenvalue weighted by molar-refractivity contribution is 5.77. The highest BCUT2D eigenvalue weighted by Gasteiger charge is 2.43. The van der Waals surface area contributed by atoms with Crippen LogP contribution >= 0.6 is 0 Å². The van der Waals surface area contributed by atoms with Crippen LogP contribution in [-0.2, 0) is 29.8 Å².